The summed E-state index contributed by atoms with van der Waals surface area (Å²) >= 11 is 0. The van der Waals surface area contributed by atoms with Gasteiger partial charge in [0.05, 0.1) is 0 Å². The van der Waals surface area contributed by atoms with Crippen LogP contribution in [-0.2, 0) is 6.54 Å². The molecule has 1 rings (SSSR count). The molecule has 1 aromatic rings. The van der Waals surface area contributed by atoms with Gasteiger partial charge >= 0.3 is 0 Å². The first-order valence-corrected chi connectivity index (χ1v) is 3.66. The van der Waals surface area contributed by atoms with Crippen molar-refractivity contribution in [3.8, 4) is 0 Å². The molecule has 0 fully saturated rings. The molecule has 0 radical (unpaired) electrons. The Kier molecular flexibility index (Phi) is 6.25. The highest BCUT2D eigenvalue weighted by molar-refractivity contribution is 14.0. The molecule has 5 N–H and O–H groups in total. The molecule has 4 nitrogen and oxygen atoms in total. The Balaban J connectivity index is 0.00000144. The molecule has 0 atom stereocenters. The maximum Gasteiger partial charge on any atom is 0.200 e. The SMILES string of the molecule is I.N=C(N)NNCc1ccccc1. The van der Waals surface area contributed by atoms with Gasteiger partial charge in [0.15, 0.2) is 5.96 Å². The van der Waals surface area contributed by atoms with E-state index >= 15 is 0 Å². The van der Waals surface area contributed by atoms with E-state index in [0.29, 0.717) is 6.54 Å². The fourth-order valence-corrected chi connectivity index (χ4v) is 0.837. The number of hydrogen-bond acceptors (Lipinski definition) is 2. The lowest BCUT2D eigenvalue weighted by Gasteiger charge is -2.05. The molecular weight excluding hydrogens is 279 g/mol. The number of nitrogens with one attached hydrogen (secondary N) is 3. The van der Waals surface area contributed by atoms with Gasteiger partial charge in [0.1, 0.15) is 0 Å². The third kappa shape index (κ3) is 5.42. The molecular formula is C8H13IN4. The molecule has 0 amide bonds. The molecule has 0 heterocycles. The van der Waals surface area contributed by atoms with E-state index in [2.05, 4.69) is 10.9 Å². The van der Waals surface area contributed by atoms with Crippen LogP contribution in [-0.4, -0.2) is 5.96 Å². The highest BCUT2D eigenvalue weighted by Gasteiger charge is 1.89. The number of halogens is 1. The lowest BCUT2D eigenvalue weighted by Crippen LogP contribution is -2.41. The average molecular weight is 292 g/mol. The van der Waals surface area contributed by atoms with Gasteiger partial charge in [0.25, 0.3) is 0 Å². The van der Waals surface area contributed by atoms with Gasteiger partial charge < -0.3 is 5.73 Å². The monoisotopic (exact) mass is 292 g/mol. The van der Waals surface area contributed by atoms with Crippen molar-refractivity contribution in [2.75, 3.05) is 0 Å². The van der Waals surface area contributed by atoms with Crippen LogP contribution in [0, 0.1) is 5.41 Å². The molecule has 0 spiro atoms. The lowest BCUT2D eigenvalue weighted by atomic mass is 10.2. The maximum absolute atomic E-state index is 6.86. The summed E-state index contributed by atoms with van der Waals surface area (Å²) in [7, 11) is 0. The van der Waals surface area contributed by atoms with E-state index in [1.54, 1.807) is 0 Å². The largest absolute Gasteiger partial charge is 0.369 e. The Labute approximate surface area is 94.4 Å². The molecule has 0 saturated carbocycles. The van der Waals surface area contributed by atoms with Crippen LogP contribution in [0.25, 0.3) is 0 Å². The second-order valence-corrected chi connectivity index (χ2v) is 2.38. The van der Waals surface area contributed by atoms with Gasteiger partial charge in [0.2, 0.25) is 0 Å². The number of hydrogen-bond donors (Lipinski definition) is 4. The topological polar surface area (TPSA) is 73.9 Å². The maximum atomic E-state index is 6.86. The van der Waals surface area contributed by atoms with Crippen LogP contribution in [0.3, 0.4) is 0 Å². The van der Waals surface area contributed by atoms with Crippen LogP contribution >= 0.6 is 24.0 Å². The van der Waals surface area contributed by atoms with Gasteiger partial charge in [-0.25, -0.2) is 5.43 Å². The Morgan fingerprint density at radius 1 is 1.31 bits per heavy atom. The number of rotatable bonds is 3. The molecule has 1 aromatic carbocycles. The van der Waals surface area contributed by atoms with Crippen LogP contribution in [0.2, 0.25) is 0 Å². The number of guanidine groups is 1. The Morgan fingerprint density at radius 3 is 2.46 bits per heavy atom. The smallest absolute Gasteiger partial charge is 0.200 e. The Morgan fingerprint density at radius 2 is 1.92 bits per heavy atom. The van der Waals surface area contributed by atoms with Crippen molar-refractivity contribution >= 4 is 29.9 Å². The van der Waals surface area contributed by atoms with Crippen molar-refractivity contribution in [1.29, 1.82) is 5.41 Å². The van der Waals surface area contributed by atoms with E-state index in [9.17, 15) is 0 Å². The summed E-state index contributed by atoms with van der Waals surface area (Å²) in [5.41, 5.74) is 11.5. The first-order valence-electron chi connectivity index (χ1n) is 3.66. The van der Waals surface area contributed by atoms with E-state index in [1.807, 2.05) is 30.3 Å². The van der Waals surface area contributed by atoms with Crippen molar-refractivity contribution in [1.82, 2.24) is 10.9 Å². The predicted molar refractivity (Wildman–Crippen MR) is 63.7 cm³/mol. The van der Waals surface area contributed by atoms with E-state index in [-0.39, 0.29) is 29.9 Å². The summed E-state index contributed by atoms with van der Waals surface area (Å²) in [6.45, 7) is 0.653. The molecule has 5 heteroatoms. The summed E-state index contributed by atoms with van der Waals surface area (Å²) in [6.07, 6.45) is 0. The van der Waals surface area contributed by atoms with Crippen molar-refractivity contribution in [3.63, 3.8) is 0 Å². The first-order chi connectivity index (χ1) is 5.79. The fourth-order valence-electron chi connectivity index (χ4n) is 0.837. The van der Waals surface area contributed by atoms with Crippen molar-refractivity contribution < 1.29 is 0 Å². The summed E-state index contributed by atoms with van der Waals surface area (Å²) in [5.74, 6) is -0.0778. The van der Waals surface area contributed by atoms with Crippen molar-refractivity contribution in [2.24, 2.45) is 5.73 Å². The van der Waals surface area contributed by atoms with Crippen LogP contribution in [0.1, 0.15) is 5.56 Å². The van der Waals surface area contributed by atoms with Crippen LogP contribution in [0.5, 0.6) is 0 Å². The van der Waals surface area contributed by atoms with E-state index in [0.717, 1.165) is 5.56 Å². The van der Waals surface area contributed by atoms with Gasteiger partial charge in [-0.15, -0.1) is 24.0 Å². The third-order valence-corrected chi connectivity index (χ3v) is 1.36. The van der Waals surface area contributed by atoms with Crippen LogP contribution in [0.15, 0.2) is 30.3 Å². The molecule has 0 aliphatic rings. The highest BCUT2D eigenvalue weighted by atomic mass is 127. The Hall–Kier alpha value is -0.820. The average Bonchev–Trinajstić information content (AvgIpc) is 2.05. The second-order valence-electron chi connectivity index (χ2n) is 2.38. The molecule has 0 bridgehead atoms. The number of nitrogens with two attached hydrogens (primary N) is 1. The molecule has 0 saturated heterocycles. The molecule has 0 aromatic heterocycles. The van der Waals surface area contributed by atoms with Crippen LogP contribution in [0.4, 0.5) is 0 Å². The second kappa shape index (κ2) is 6.67. The summed E-state index contributed by atoms with van der Waals surface area (Å²) in [5, 5.41) is 6.86. The third-order valence-electron chi connectivity index (χ3n) is 1.36. The van der Waals surface area contributed by atoms with Crippen LogP contribution < -0.4 is 16.6 Å². The summed E-state index contributed by atoms with van der Waals surface area (Å²) in [6, 6.07) is 9.88. The Bertz CT molecular complexity index is 250. The van der Waals surface area contributed by atoms with Crippen molar-refractivity contribution in [2.45, 2.75) is 6.54 Å². The van der Waals surface area contributed by atoms with E-state index in [4.69, 9.17) is 11.1 Å². The fraction of sp³-hybridized carbons (Fsp3) is 0.125. The van der Waals surface area contributed by atoms with Gasteiger partial charge in [-0.05, 0) is 5.56 Å². The molecule has 0 unspecified atom stereocenters. The number of benzene rings is 1. The first kappa shape index (κ1) is 12.2. The molecule has 0 aliphatic carbocycles. The van der Waals surface area contributed by atoms with E-state index < -0.39 is 0 Å². The lowest BCUT2D eigenvalue weighted by molar-refractivity contribution is 0.647. The predicted octanol–water partition coefficient (Wildman–Crippen LogP) is 0.792. The normalized spacial score (nSPS) is 8.62. The number of hydrazine groups is 1. The van der Waals surface area contributed by atoms with E-state index in [1.165, 1.54) is 0 Å². The summed E-state index contributed by atoms with van der Waals surface area (Å²) < 4.78 is 0. The minimum atomic E-state index is -0.0778. The molecule has 72 valence electrons. The minimum Gasteiger partial charge on any atom is -0.369 e. The molecule has 0 aliphatic heterocycles. The highest BCUT2D eigenvalue weighted by Crippen LogP contribution is 1.95. The van der Waals surface area contributed by atoms with Gasteiger partial charge in [0, 0.05) is 6.54 Å². The van der Waals surface area contributed by atoms with Gasteiger partial charge in [-0.3, -0.25) is 10.8 Å². The van der Waals surface area contributed by atoms with Gasteiger partial charge in [-0.2, -0.15) is 0 Å². The zero-order chi connectivity index (χ0) is 8.81. The zero-order valence-electron chi connectivity index (χ0n) is 7.08. The quantitative estimate of drug-likeness (QED) is 0.288. The molecule has 13 heavy (non-hydrogen) atoms. The summed E-state index contributed by atoms with van der Waals surface area (Å²) in [4.78, 5) is 0. The van der Waals surface area contributed by atoms with Gasteiger partial charge in [-0.1, -0.05) is 30.3 Å². The minimum absolute atomic E-state index is 0. The van der Waals surface area contributed by atoms with Crippen molar-refractivity contribution in [3.05, 3.63) is 35.9 Å². The standard InChI is InChI=1S/C8H12N4.HI/c9-8(10)12-11-6-7-4-2-1-3-5-7;/h1-5,11H,6H2,(H4,9,10,12);1H. The zero-order valence-corrected chi connectivity index (χ0v) is 9.41.